The summed E-state index contributed by atoms with van der Waals surface area (Å²) in [5, 5.41) is 8.30. The summed E-state index contributed by atoms with van der Waals surface area (Å²) in [5.74, 6) is -1.18. The molecule has 0 atom stereocenters. The zero-order valence-electron chi connectivity index (χ0n) is 8.37. The third kappa shape index (κ3) is 1.44. The molecule has 82 valence electrons. The second-order valence-corrected chi connectivity index (χ2v) is 3.14. The van der Waals surface area contributed by atoms with Crippen LogP contribution >= 0.6 is 0 Å². The first kappa shape index (κ1) is 10.3. The van der Waals surface area contributed by atoms with E-state index in [9.17, 15) is 14.0 Å². The molecule has 0 fully saturated rings. The number of fused-ring (bicyclic) bond motifs is 1. The van der Waals surface area contributed by atoms with Gasteiger partial charge >= 0.3 is 0 Å². The van der Waals surface area contributed by atoms with Crippen LogP contribution < -0.4 is 10.7 Å². The third-order valence-corrected chi connectivity index (χ3v) is 2.19. The number of carbonyl (C=O) groups excluding carboxylic acids is 1. The van der Waals surface area contributed by atoms with E-state index < -0.39 is 17.2 Å². The van der Waals surface area contributed by atoms with Gasteiger partial charge in [-0.1, -0.05) is 6.07 Å². The van der Waals surface area contributed by atoms with Crippen LogP contribution in [-0.4, -0.2) is 23.2 Å². The summed E-state index contributed by atoms with van der Waals surface area (Å²) in [4.78, 5) is 23.0. The zero-order chi connectivity index (χ0) is 11.7. The minimum absolute atomic E-state index is 0.000142. The van der Waals surface area contributed by atoms with Gasteiger partial charge in [0.2, 0.25) is 5.43 Å². The van der Waals surface area contributed by atoms with Crippen molar-refractivity contribution in [3.63, 3.8) is 0 Å². The first-order chi connectivity index (χ1) is 7.65. The van der Waals surface area contributed by atoms with E-state index in [1.807, 2.05) is 0 Å². The predicted octanol–water partition coefficient (Wildman–Crippen LogP) is 0.422. The van der Waals surface area contributed by atoms with Crippen molar-refractivity contribution >= 4 is 16.8 Å². The molecule has 0 unspecified atom stereocenters. The largest absolute Gasteiger partial charge is 0.354 e. The smallest absolute Gasteiger partial charge is 0.275 e. The highest BCUT2D eigenvalue weighted by atomic mass is 19.1. The summed E-state index contributed by atoms with van der Waals surface area (Å²) >= 11 is 0. The number of hydrogen-bond donors (Lipinski definition) is 2. The molecular weight excluding hydrogens is 213 g/mol. The minimum atomic E-state index is -0.604. The van der Waals surface area contributed by atoms with Crippen LogP contribution in [0.25, 0.3) is 10.9 Å². The normalized spacial score (nSPS) is 10.4. The second-order valence-electron chi connectivity index (χ2n) is 3.14. The average Bonchev–Trinajstić information content (AvgIpc) is 2.30. The second kappa shape index (κ2) is 3.73. The fourth-order valence-electron chi connectivity index (χ4n) is 1.39. The fraction of sp³-hybridized carbons (Fsp3) is 0.100. The Morgan fingerprint density at radius 3 is 2.94 bits per heavy atom. The van der Waals surface area contributed by atoms with Crippen LogP contribution in [-0.2, 0) is 0 Å². The molecule has 1 aromatic carbocycles. The summed E-state index contributed by atoms with van der Waals surface area (Å²) in [7, 11) is 1.39. The topological polar surface area (TPSA) is 74.8 Å². The molecule has 6 heteroatoms. The number of aromatic nitrogens is 2. The number of para-hydroxylation sites is 1. The van der Waals surface area contributed by atoms with Crippen LogP contribution in [0.4, 0.5) is 4.39 Å². The van der Waals surface area contributed by atoms with Crippen molar-refractivity contribution in [2.24, 2.45) is 0 Å². The third-order valence-electron chi connectivity index (χ3n) is 2.19. The van der Waals surface area contributed by atoms with Crippen LogP contribution in [0.15, 0.2) is 23.0 Å². The molecule has 0 radical (unpaired) electrons. The first-order valence-corrected chi connectivity index (χ1v) is 4.54. The molecule has 0 saturated heterocycles. The maximum absolute atomic E-state index is 13.3. The number of halogens is 1. The van der Waals surface area contributed by atoms with E-state index >= 15 is 0 Å². The Morgan fingerprint density at radius 1 is 1.50 bits per heavy atom. The number of aromatic amines is 1. The van der Waals surface area contributed by atoms with E-state index in [0.717, 1.165) is 0 Å². The molecular formula is C10H8FN3O2. The molecule has 1 aromatic heterocycles. The number of nitrogens with zero attached hydrogens (tertiary/aromatic N) is 1. The van der Waals surface area contributed by atoms with Gasteiger partial charge in [0.25, 0.3) is 5.91 Å². The monoisotopic (exact) mass is 221 g/mol. The number of carbonyl (C=O) groups is 1. The van der Waals surface area contributed by atoms with Crippen molar-refractivity contribution < 1.29 is 9.18 Å². The van der Waals surface area contributed by atoms with Crippen LogP contribution in [0.1, 0.15) is 10.5 Å². The summed E-state index contributed by atoms with van der Waals surface area (Å²) in [5.41, 5.74) is -0.867. The molecule has 0 spiro atoms. The number of benzene rings is 1. The SMILES string of the molecule is CNC(=O)c1n[nH]c2c(F)cccc2c1=O. The van der Waals surface area contributed by atoms with Gasteiger partial charge in [0.05, 0.1) is 5.39 Å². The lowest BCUT2D eigenvalue weighted by Crippen LogP contribution is -2.27. The predicted molar refractivity (Wildman–Crippen MR) is 55.7 cm³/mol. The Bertz CT molecular complexity index is 621. The summed E-state index contributed by atoms with van der Waals surface area (Å²) < 4.78 is 13.3. The van der Waals surface area contributed by atoms with Crippen molar-refractivity contribution in [1.29, 1.82) is 0 Å². The molecule has 1 heterocycles. The van der Waals surface area contributed by atoms with Crippen molar-refractivity contribution in [3.8, 4) is 0 Å². The summed E-state index contributed by atoms with van der Waals surface area (Å²) in [6.45, 7) is 0. The lowest BCUT2D eigenvalue weighted by molar-refractivity contribution is 0.0956. The van der Waals surface area contributed by atoms with E-state index in [-0.39, 0.29) is 16.6 Å². The van der Waals surface area contributed by atoms with Gasteiger partial charge in [-0.3, -0.25) is 14.7 Å². The van der Waals surface area contributed by atoms with E-state index in [2.05, 4.69) is 15.5 Å². The van der Waals surface area contributed by atoms with Gasteiger partial charge in [0.1, 0.15) is 11.3 Å². The van der Waals surface area contributed by atoms with Crippen molar-refractivity contribution in [1.82, 2.24) is 15.5 Å². The lowest BCUT2D eigenvalue weighted by atomic mass is 10.2. The van der Waals surface area contributed by atoms with Gasteiger partial charge in [-0.25, -0.2) is 4.39 Å². The summed E-state index contributed by atoms with van der Waals surface area (Å²) in [6, 6.07) is 4.05. The molecule has 2 N–H and O–H groups in total. The van der Waals surface area contributed by atoms with Crippen LogP contribution in [0.5, 0.6) is 0 Å². The van der Waals surface area contributed by atoms with E-state index in [1.165, 1.54) is 25.2 Å². The van der Waals surface area contributed by atoms with Crippen LogP contribution in [0.3, 0.4) is 0 Å². The highest BCUT2D eigenvalue weighted by Crippen LogP contribution is 2.10. The minimum Gasteiger partial charge on any atom is -0.354 e. The lowest BCUT2D eigenvalue weighted by Gasteiger charge is -2.01. The number of H-pyrrole nitrogens is 1. The molecule has 0 saturated carbocycles. The molecule has 2 rings (SSSR count). The molecule has 0 aliphatic heterocycles. The van der Waals surface area contributed by atoms with Gasteiger partial charge < -0.3 is 5.32 Å². The quantitative estimate of drug-likeness (QED) is 0.732. The van der Waals surface area contributed by atoms with E-state index in [4.69, 9.17) is 0 Å². The molecule has 0 bridgehead atoms. The van der Waals surface area contributed by atoms with Gasteiger partial charge in [-0.15, -0.1) is 0 Å². The standard InChI is InChI=1S/C10H8FN3O2/c1-12-10(16)8-9(15)5-3-2-4-6(11)7(5)13-14-8/h2-4H,1H3,(H,12,16)(H,13,15). The van der Waals surface area contributed by atoms with Crippen molar-refractivity contribution in [2.45, 2.75) is 0 Å². The van der Waals surface area contributed by atoms with Crippen LogP contribution in [0, 0.1) is 5.82 Å². The zero-order valence-corrected chi connectivity index (χ0v) is 8.37. The molecule has 2 aromatic rings. The van der Waals surface area contributed by atoms with E-state index in [0.29, 0.717) is 0 Å². The molecule has 16 heavy (non-hydrogen) atoms. The highest BCUT2D eigenvalue weighted by Gasteiger charge is 2.14. The van der Waals surface area contributed by atoms with Crippen molar-refractivity contribution in [3.05, 3.63) is 39.9 Å². The summed E-state index contributed by atoms with van der Waals surface area (Å²) in [6.07, 6.45) is 0. The maximum Gasteiger partial charge on any atom is 0.275 e. The average molecular weight is 221 g/mol. The highest BCUT2D eigenvalue weighted by molar-refractivity contribution is 5.94. The number of amides is 1. The Kier molecular flexibility index (Phi) is 2.40. The Balaban J connectivity index is 2.81. The van der Waals surface area contributed by atoms with Gasteiger partial charge in [-0.05, 0) is 12.1 Å². The van der Waals surface area contributed by atoms with Crippen LogP contribution in [0.2, 0.25) is 0 Å². The van der Waals surface area contributed by atoms with Gasteiger partial charge in [0, 0.05) is 7.05 Å². The molecule has 0 aliphatic carbocycles. The number of hydrogen-bond acceptors (Lipinski definition) is 3. The Labute approximate surface area is 89.3 Å². The van der Waals surface area contributed by atoms with Gasteiger partial charge in [-0.2, -0.15) is 5.10 Å². The Hall–Kier alpha value is -2.24. The number of nitrogens with one attached hydrogen (secondary N) is 2. The first-order valence-electron chi connectivity index (χ1n) is 4.54. The molecule has 5 nitrogen and oxygen atoms in total. The van der Waals surface area contributed by atoms with E-state index in [1.54, 1.807) is 0 Å². The molecule has 1 amide bonds. The maximum atomic E-state index is 13.3. The van der Waals surface area contributed by atoms with Gasteiger partial charge in [0.15, 0.2) is 5.69 Å². The van der Waals surface area contributed by atoms with Crippen molar-refractivity contribution in [2.75, 3.05) is 7.05 Å². The number of rotatable bonds is 1. The molecule has 0 aliphatic rings. The Morgan fingerprint density at radius 2 is 2.25 bits per heavy atom. The fourth-order valence-corrected chi connectivity index (χ4v) is 1.39.